The monoisotopic (exact) mass is 275 g/mol. The van der Waals surface area contributed by atoms with Crippen molar-refractivity contribution in [2.24, 2.45) is 0 Å². The lowest BCUT2D eigenvalue weighted by atomic mass is 9.94. The van der Waals surface area contributed by atoms with Gasteiger partial charge in [0.15, 0.2) is 0 Å². The van der Waals surface area contributed by atoms with E-state index in [9.17, 15) is 4.79 Å². The standard InChI is InChI=1S/C17H25NO2/c1-13(2)20-11-9-17(19)18-10-8-15(12-18)16-7-5-4-6-14(16)3/h4-7,13,15H,8-12H2,1-3H3/t15-/m1/s1. The number of aryl methyl sites for hydroxylation is 1. The van der Waals surface area contributed by atoms with Crippen molar-refractivity contribution in [3.05, 3.63) is 35.4 Å². The molecule has 0 radical (unpaired) electrons. The lowest BCUT2D eigenvalue weighted by Crippen LogP contribution is -2.29. The highest BCUT2D eigenvalue weighted by molar-refractivity contribution is 5.76. The first-order valence-corrected chi connectivity index (χ1v) is 7.53. The highest BCUT2D eigenvalue weighted by Crippen LogP contribution is 2.29. The second kappa shape index (κ2) is 6.89. The number of ether oxygens (including phenoxy) is 1. The number of carbonyl (C=O) groups excluding carboxylic acids is 1. The van der Waals surface area contributed by atoms with Crippen molar-refractivity contribution in [1.82, 2.24) is 4.90 Å². The van der Waals surface area contributed by atoms with Gasteiger partial charge in [0.2, 0.25) is 5.91 Å². The van der Waals surface area contributed by atoms with Gasteiger partial charge >= 0.3 is 0 Å². The molecule has 0 aliphatic carbocycles. The minimum Gasteiger partial charge on any atom is -0.378 e. The molecule has 2 rings (SSSR count). The van der Waals surface area contributed by atoms with Crippen molar-refractivity contribution in [2.45, 2.75) is 45.6 Å². The van der Waals surface area contributed by atoms with Crippen LogP contribution in [-0.2, 0) is 9.53 Å². The summed E-state index contributed by atoms with van der Waals surface area (Å²) >= 11 is 0. The number of rotatable bonds is 5. The van der Waals surface area contributed by atoms with Crippen LogP contribution in [0.5, 0.6) is 0 Å². The van der Waals surface area contributed by atoms with Gasteiger partial charge in [-0.05, 0) is 38.3 Å². The molecule has 1 aromatic carbocycles. The minimum absolute atomic E-state index is 0.195. The molecule has 0 spiro atoms. The fraction of sp³-hybridized carbons (Fsp3) is 0.588. The zero-order chi connectivity index (χ0) is 14.5. The largest absolute Gasteiger partial charge is 0.378 e. The molecule has 1 heterocycles. The van der Waals surface area contributed by atoms with Crippen LogP contribution in [-0.4, -0.2) is 36.6 Å². The van der Waals surface area contributed by atoms with E-state index in [0.717, 1.165) is 19.5 Å². The number of nitrogens with zero attached hydrogens (tertiary/aromatic N) is 1. The Hall–Kier alpha value is -1.35. The highest BCUT2D eigenvalue weighted by Gasteiger charge is 2.27. The Kier molecular flexibility index (Phi) is 5.18. The van der Waals surface area contributed by atoms with Crippen molar-refractivity contribution in [3.8, 4) is 0 Å². The van der Waals surface area contributed by atoms with Crippen LogP contribution in [0.4, 0.5) is 0 Å². The van der Waals surface area contributed by atoms with Crippen LogP contribution in [0, 0.1) is 6.92 Å². The maximum Gasteiger partial charge on any atom is 0.224 e. The molecular weight excluding hydrogens is 250 g/mol. The average Bonchev–Trinajstić information content (AvgIpc) is 2.88. The van der Waals surface area contributed by atoms with Crippen LogP contribution in [0.2, 0.25) is 0 Å². The minimum atomic E-state index is 0.195. The van der Waals surface area contributed by atoms with Gasteiger partial charge < -0.3 is 9.64 Å². The molecule has 1 saturated heterocycles. The fourth-order valence-corrected chi connectivity index (χ4v) is 2.83. The zero-order valence-corrected chi connectivity index (χ0v) is 12.8. The number of carbonyl (C=O) groups is 1. The van der Waals surface area contributed by atoms with Crippen LogP contribution in [0.3, 0.4) is 0 Å². The van der Waals surface area contributed by atoms with Crippen LogP contribution in [0.15, 0.2) is 24.3 Å². The fourth-order valence-electron chi connectivity index (χ4n) is 2.83. The van der Waals surface area contributed by atoms with Crippen molar-refractivity contribution in [3.63, 3.8) is 0 Å². The van der Waals surface area contributed by atoms with Gasteiger partial charge in [0.1, 0.15) is 0 Å². The van der Waals surface area contributed by atoms with E-state index >= 15 is 0 Å². The third-order valence-electron chi connectivity index (χ3n) is 3.94. The van der Waals surface area contributed by atoms with Crippen LogP contribution in [0.25, 0.3) is 0 Å². The molecule has 110 valence electrons. The van der Waals surface area contributed by atoms with Crippen molar-refractivity contribution in [2.75, 3.05) is 19.7 Å². The van der Waals surface area contributed by atoms with Gasteiger partial charge in [-0.3, -0.25) is 4.79 Å². The third kappa shape index (κ3) is 3.83. The second-order valence-corrected chi connectivity index (χ2v) is 5.85. The predicted molar refractivity (Wildman–Crippen MR) is 80.8 cm³/mol. The smallest absolute Gasteiger partial charge is 0.224 e. The molecule has 3 heteroatoms. The Morgan fingerprint density at radius 2 is 2.15 bits per heavy atom. The quantitative estimate of drug-likeness (QED) is 0.826. The Morgan fingerprint density at radius 1 is 1.40 bits per heavy atom. The normalized spacial score (nSPS) is 18.8. The van der Waals surface area contributed by atoms with Crippen LogP contribution >= 0.6 is 0 Å². The van der Waals surface area contributed by atoms with Crippen molar-refractivity contribution in [1.29, 1.82) is 0 Å². The molecule has 0 bridgehead atoms. The van der Waals surface area contributed by atoms with Gasteiger partial charge in [0, 0.05) is 19.0 Å². The summed E-state index contributed by atoms with van der Waals surface area (Å²) in [5.74, 6) is 0.716. The molecule has 0 N–H and O–H groups in total. The molecular formula is C17H25NO2. The van der Waals surface area contributed by atoms with Gasteiger partial charge in [-0.1, -0.05) is 24.3 Å². The van der Waals surface area contributed by atoms with Gasteiger partial charge in [0.25, 0.3) is 0 Å². The van der Waals surface area contributed by atoms with E-state index in [2.05, 4.69) is 31.2 Å². The lowest BCUT2D eigenvalue weighted by molar-refractivity contribution is -0.131. The van der Waals surface area contributed by atoms with E-state index in [0.29, 0.717) is 18.9 Å². The number of hydrogen-bond acceptors (Lipinski definition) is 2. The highest BCUT2D eigenvalue weighted by atomic mass is 16.5. The number of amides is 1. The van der Waals surface area contributed by atoms with E-state index in [-0.39, 0.29) is 12.0 Å². The zero-order valence-electron chi connectivity index (χ0n) is 12.8. The summed E-state index contributed by atoms with van der Waals surface area (Å²) in [7, 11) is 0. The van der Waals surface area contributed by atoms with E-state index in [1.807, 2.05) is 18.7 Å². The predicted octanol–water partition coefficient (Wildman–Crippen LogP) is 3.13. The summed E-state index contributed by atoms with van der Waals surface area (Å²) in [5.41, 5.74) is 2.72. The topological polar surface area (TPSA) is 29.5 Å². The summed E-state index contributed by atoms with van der Waals surface area (Å²) in [6.45, 7) is 8.40. The van der Waals surface area contributed by atoms with E-state index in [1.165, 1.54) is 11.1 Å². The van der Waals surface area contributed by atoms with Crippen molar-refractivity contribution >= 4 is 5.91 Å². The Balaban J connectivity index is 1.86. The third-order valence-corrected chi connectivity index (χ3v) is 3.94. The molecule has 1 amide bonds. The first-order valence-electron chi connectivity index (χ1n) is 7.53. The van der Waals surface area contributed by atoms with Gasteiger partial charge in [-0.15, -0.1) is 0 Å². The Labute approximate surface area is 121 Å². The summed E-state index contributed by atoms with van der Waals surface area (Å²) in [6, 6.07) is 8.50. The molecule has 3 nitrogen and oxygen atoms in total. The van der Waals surface area contributed by atoms with E-state index in [1.54, 1.807) is 0 Å². The molecule has 1 aliphatic heterocycles. The second-order valence-electron chi connectivity index (χ2n) is 5.85. The molecule has 0 unspecified atom stereocenters. The van der Waals surface area contributed by atoms with Gasteiger partial charge in [-0.25, -0.2) is 0 Å². The number of benzene rings is 1. The van der Waals surface area contributed by atoms with E-state index in [4.69, 9.17) is 4.74 Å². The summed E-state index contributed by atoms with van der Waals surface area (Å²) in [4.78, 5) is 14.1. The number of hydrogen-bond donors (Lipinski definition) is 0. The Morgan fingerprint density at radius 3 is 2.85 bits per heavy atom. The molecule has 20 heavy (non-hydrogen) atoms. The summed E-state index contributed by atoms with van der Waals surface area (Å²) in [6.07, 6.45) is 1.77. The summed E-state index contributed by atoms with van der Waals surface area (Å²) in [5, 5.41) is 0. The maximum atomic E-state index is 12.1. The van der Waals surface area contributed by atoms with E-state index < -0.39 is 0 Å². The average molecular weight is 275 g/mol. The van der Waals surface area contributed by atoms with Crippen LogP contribution < -0.4 is 0 Å². The molecule has 0 saturated carbocycles. The Bertz CT molecular complexity index is 456. The maximum absolute atomic E-state index is 12.1. The van der Waals surface area contributed by atoms with Gasteiger partial charge in [-0.2, -0.15) is 0 Å². The molecule has 1 atom stereocenters. The van der Waals surface area contributed by atoms with Crippen LogP contribution in [0.1, 0.15) is 43.7 Å². The molecule has 1 aliphatic rings. The van der Waals surface area contributed by atoms with Crippen molar-refractivity contribution < 1.29 is 9.53 Å². The molecule has 1 aromatic rings. The molecule has 0 aromatic heterocycles. The van der Waals surface area contributed by atoms with Gasteiger partial charge in [0.05, 0.1) is 19.1 Å². The first kappa shape index (κ1) is 15.0. The first-order chi connectivity index (χ1) is 9.58. The summed E-state index contributed by atoms with van der Waals surface area (Å²) < 4.78 is 5.46. The molecule has 1 fully saturated rings. The number of likely N-dealkylation sites (tertiary alicyclic amines) is 1. The SMILES string of the molecule is Cc1ccccc1[C@@H]1CCN(C(=O)CCOC(C)C)C1. The lowest BCUT2D eigenvalue weighted by Gasteiger charge is -2.18.